The smallest absolute Gasteiger partial charge is 0.0681 e. The maximum absolute atomic E-state index is 9.15. The number of hydrogen-bond acceptors (Lipinski definition) is 2. The van der Waals surface area contributed by atoms with Gasteiger partial charge in [-0.25, -0.2) is 0 Å². The fourth-order valence-electron chi connectivity index (χ4n) is 2.07. The molecule has 0 spiro atoms. The predicted molar refractivity (Wildman–Crippen MR) is 89.5 cm³/mol. The van der Waals surface area contributed by atoms with Gasteiger partial charge in [-0.05, 0) is 35.7 Å². The monoisotopic (exact) mass is 397 g/mol. The molecule has 0 aliphatic heterocycles. The summed E-state index contributed by atoms with van der Waals surface area (Å²) in [5.74, 6) is 0. The van der Waals surface area contributed by atoms with E-state index in [1.807, 2.05) is 24.3 Å². The molecule has 0 bridgehead atoms. The lowest BCUT2D eigenvalue weighted by atomic mass is 10.1. The van der Waals surface area contributed by atoms with Gasteiger partial charge in [0.2, 0.25) is 0 Å². The lowest BCUT2D eigenvalue weighted by Crippen LogP contribution is -2.18. The van der Waals surface area contributed by atoms with Gasteiger partial charge in [0, 0.05) is 21.5 Å². The second-order valence-electron chi connectivity index (χ2n) is 4.75. The predicted octanol–water partition coefficient (Wildman–Crippen LogP) is 4.55. The van der Waals surface area contributed by atoms with Gasteiger partial charge in [-0.15, -0.1) is 0 Å². The van der Waals surface area contributed by atoms with Gasteiger partial charge in [-0.2, -0.15) is 0 Å². The quantitative estimate of drug-likeness (QED) is 0.773. The number of aliphatic hydroxyl groups is 1. The van der Waals surface area contributed by atoms with Crippen molar-refractivity contribution in [3.05, 3.63) is 68.1 Å². The summed E-state index contributed by atoms with van der Waals surface area (Å²) < 4.78 is 2.16. The van der Waals surface area contributed by atoms with Crippen LogP contribution in [0.4, 0.5) is 0 Å². The Morgan fingerprint density at radius 2 is 1.85 bits per heavy atom. The number of nitrogens with one attached hydrogen (secondary N) is 1. The van der Waals surface area contributed by atoms with E-state index in [0.717, 1.165) is 21.1 Å². The molecular weight excluding hydrogens is 382 g/mol. The SMILES string of the molecule is CC(NCc1cccc(CO)c1)c1ccc(Br)cc1Br. The number of halogens is 2. The van der Waals surface area contributed by atoms with Gasteiger partial charge in [0.1, 0.15) is 0 Å². The third-order valence-corrected chi connectivity index (χ3v) is 4.40. The fraction of sp³-hybridized carbons (Fsp3) is 0.250. The standard InChI is InChI=1S/C16H17Br2NO/c1-11(15-6-5-14(17)8-16(15)18)19-9-12-3-2-4-13(7-12)10-20/h2-8,11,19-20H,9-10H2,1H3. The largest absolute Gasteiger partial charge is 0.392 e. The van der Waals surface area contributed by atoms with Crippen LogP contribution < -0.4 is 5.32 Å². The number of rotatable bonds is 5. The van der Waals surface area contributed by atoms with E-state index in [1.54, 1.807) is 0 Å². The van der Waals surface area contributed by atoms with Crippen molar-refractivity contribution >= 4 is 31.9 Å². The van der Waals surface area contributed by atoms with Crippen molar-refractivity contribution in [1.29, 1.82) is 0 Å². The molecule has 0 amide bonds. The highest BCUT2D eigenvalue weighted by Gasteiger charge is 2.09. The van der Waals surface area contributed by atoms with Crippen LogP contribution in [-0.4, -0.2) is 5.11 Å². The first-order valence-corrected chi connectivity index (χ1v) is 8.05. The minimum Gasteiger partial charge on any atom is -0.392 e. The highest BCUT2D eigenvalue weighted by atomic mass is 79.9. The highest BCUT2D eigenvalue weighted by molar-refractivity contribution is 9.11. The maximum atomic E-state index is 9.15. The van der Waals surface area contributed by atoms with E-state index in [4.69, 9.17) is 5.11 Å². The molecule has 2 N–H and O–H groups in total. The Morgan fingerprint density at radius 3 is 2.55 bits per heavy atom. The summed E-state index contributed by atoms with van der Waals surface area (Å²) in [7, 11) is 0. The molecule has 0 aliphatic carbocycles. The fourth-order valence-corrected chi connectivity index (χ4v) is 3.46. The second-order valence-corrected chi connectivity index (χ2v) is 6.52. The van der Waals surface area contributed by atoms with Crippen LogP contribution in [0, 0.1) is 0 Å². The van der Waals surface area contributed by atoms with E-state index in [1.165, 1.54) is 11.1 Å². The van der Waals surface area contributed by atoms with Crippen molar-refractivity contribution in [2.75, 3.05) is 0 Å². The van der Waals surface area contributed by atoms with Gasteiger partial charge < -0.3 is 10.4 Å². The van der Waals surface area contributed by atoms with Crippen molar-refractivity contribution in [2.24, 2.45) is 0 Å². The first-order valence-electron chi connectivity index (χ1n) is 6.47. The van der Waals surface area contributed by atoms with Gasteiger partial charge in [0.05, 0.1) is 6.61 Å². The Morgan fingerprint density at radius 1 is 1.10 bits per heavy atom. The van der Waals surface area contributed by atoms with Gasteiger partial charge in [-0.3, -0.25) is 0 Å². The number of hydrogen-bond donors (Lipinski definition) is 2. The van der Waals surface area contributed by atoms with Gasteiger partial charge in [-0.1, -0.05) is 62.2 Å². The topological polar surface area (TPSA) is 32.3 Å². The molecule has 2 aromatic rings. The molecule has 20 heavy (non-hydrogen) atoms. The molecule has 0 aromatic heterocycles. The van der Waals surface area contributed by atoms with Crippen LogP contribution in [0.1, 0.15) is 29.7 Å². The minimum atomic E-state index is 0.0850. The summed E-state index contributed by atoms with van der Waals surface area (Å²) in [5, 5.41) is 12.6. The number of benzene rings is 2. The van der Waals surface area contributed by atoms with Crippen molar-refractivity contribution < 1.29 is 5.11 Å². The summed E-state index contributed by atoms with van der Waals surface area (Å²) in [4.78, 5) is 0. The Hall–Kier alpha value is -0.680. The first-order chi connectivity index (χ1) is 9.60. The Kier molecular flexibility index (Phi) is 5.78. The molecule has 0 aliphatic rings. The maximum Gasteiger partial charge on any atom is 0.0681 e. The van der Waals surface area contributed by atoms with Crippen LogP contribution in [0.5, 0.6) is 0 Å². The van der Waals surface area contributed by atoms with Crippen LogP contribution in [0.25, 0.3) is 0 Å². The molecule has 2 nitrogen and oxygen atoms in total. The molecule has 0 radical (unpaired) electrons. The third-order valence-electron chi connectivity index (χ3n) is 3.22. The lowest BCUT2D eigenvalue weighted by Gasteiger charge is -2.16. The molecule has 0 fully saturated rings. The molecule has 0 heterocycles. The van der Waals surface area contributed by atoms with Gasteiger partial charge in [0.25, 0.3) is 0 Å². The zero-order valence-corrected chi connectivity index (χ0v) is 14.4. The average molecular weight is 399 g/mol. The van der Waals surface area contributed by atoms with E-state index < -0.39 is 0 Å². The van der Waals surface area contributed by atoms with Crippen LogP contribution in [-0.2, 0) is 13.2 Å². The highest BCUT2D eigenvalue weighted by Crippen LogP contribution is 2.26. The molecule has 2 aromatic carbocycles. The van der Waals surface area contributed by atoms with Gasteiger partial charge >= 0.3 is 0 Å². The molecule has 2 rings (SSSR count). The normalized spacial score (nSPS) is 12.4. The third kappa shape index (κ3) is 4.16. The zero-order valence-electron chi connectivity index (χ0n) is 11.2. The molecule has 1 unspecified atom stereocenters. The second kappa shape index (κ2) is 7.36. The van der Waals surface area contributed by atoms with Crippen LogP contribution >= 0.6 is 31.9 Å². The summed E-state index contributed by atoms with van der Waals surface area (Å²) in [6.45, 7) is 3.00. The molecule has 0 saturated heterocycles. The molecular formula is C16H17Br2NO. The summed E-state index contributed by atoms with van der Waals surface area (Å²) in [6.07, 6.45) is 0. The lowest BCUT2D eigenvalue weighted by molar-refractivity contribution is 0.281. The average Bonchev–Trinajstić information content (AvgIpc) is 2.45. The van der Waals surface area contributed by atoms with Crippen molar-refractivity contribution in [2.45, 2.75) is 26.1 Å². The summed E-state index contributed by atoms with van der Waals surface area (Å²) >= 11 is 7.06. The van der Waals surface area contributed by atoms with E-state index in [-0.39, 0.29) is 12.6 Å². The zero-order chi connectivity index (χ0) is 14.5. The van der Waals surface area contributed by atoms with E-state index in [0.29, 0.717) is 0 Å². The molecule has 0 saturated carbocycles. The minimum absolute atomic E-state index is 0.0850. The molecule has 1 atom stereocenters. The van der Waals surface area contributed by atoms with E-state index in [9.17, 15) is 0 Å². The van der Waals surface area contributed by atoms with E-state index >= 15 is 0 Å². The van der Waals surface area contributed by atoms with Crippen molar-refractivity contribution in [3.63, 3.8) is 0 Å². The van der Waals surface area contributed by atoms with Gasteiger partial charge in [0.15, 0.2) is 0 Å². The Labute approximate surface area is 136 Å². The molecule has 106 valence electrons. The first kappa shape index (κ1) is 15.7. The van der Waals surface area contributed by atoms with Crippen LogP contribution in [0.2, 0.25) is 0 Å². The van der Waals surface area contributed by atoms with Crippen LogP contribution in [0.3, 0.4) is 0 Å². The summed E-state index contributed by atoms with van der Waals surface area (Å²) in [5.41, 5.74) is 3.35. The molecule has 4 heteroatoms. The van der Waals surface area contributed by atoms with Crippen molar-refractivity contribution in [1.82, 2.24) is 5.32 Å². The van der Waals surface area contributed by atoms with Crippen LogP contribution in [0.15, 0.2) is 51.4 Å². The summed E-state index contributed by atoms with van der Waals surface area (Å²) in [6, 6.07) is 14.4. The Balaban J connectivity index is 2.02. The van der Waals surface area contributed by atoms with Crippen molar-refractivity contribution in [3.8, 4) is 0 Å². The Bertz CT molecular complexity index is 586. The van der Waals surface area contributed by atoms with E-state index in [2.05, 4.69) is 62.3 Å². The number of aliphatic hydroxyl groups excluding tert-OH is 1.